The highest BCUT2D eigenvalue weighted by Crippen LogP contribution is 2.34. The van der Waals surface area contributed by atoms with Crippen molar-refractivity contribution >= 4 is 29.2 Å². The zero-order valence-electron chi connectivity index (χ0n) is 18.4. The van der Waals surface area contributed by atoms with Gasteiger partial charge in [0, 0.05) is 34.4 Å². The molecule has 0 aliphatic rings. The number of nitro benzene ring substituents is 1. The Morgan fingerprint density at radius 2 is 1.87 bits per heavy atom. The molecule has 0 fully saturated rings. The number of thioether (sulfide) groups is 1. The van der Waals surface area contributed by atoms with E-state index in [4.69, 9.17) is 4.74 Å². The average Bonchev–Trinajstić information content (AvgIpc) is 2.66. The lowest BCUT2D eigenvalue weighted by atomic mass is 10.1. The summed E-state index contributed by atoms with van der Waals surface area (Å²) < 4.78 is 5.25. The molecular formula is C23H27N3O4S. The number of nitrogens with zero attached hydrogens (tertiary/aromatic N) is 2. The second-order valence-corrected chi connectivity index (χ2v) is 9.15. The van der Waals surface area contributed by atoms with Crippen LogP contribution in [0.25, 0.3) is 0 Å². The second kappa shape index (κ2) is 10.8. The molecule has 0 heterocycles. The molecule has 164 valence electrons. The summed E-state index contributed by atoms with van der Waals surface area (Å²) in [7, 11) is 3.95. The monoisotopic (exact) mass is 441 g/mol. The minimum absolute atomic E-state index is 0.0804. The molecule has 0 saturated carbocycles. The lowest BCUT2D eigenvalue weighted by molar-refractivity contribution is -0.384. The number of anilines is 1. The van der Waals surface area contributed by atoms with Crippen molar-refractivity contribution < 1.29 is 14.5 Å². The summed E-state index contributed by atoms with van der Waals surface area (Å²) in [5.41, 5.74) is 0.472. The third-order valence-electron chi connectivity index (χ3n) is 3.84. The fourth-order valence-electron chi connectivity index (χ4n) is 2.45. The van der Waals surface area contributed by atoms with Crippen molar-refractivity contribution in [3.8, 4) is 11.8 Å². The van der Waals surface area contributed by atoms with Crippen molar-refractivity contribution in [1.29, 1.82) is 0 Å². The highest BCUT2D eigenvalue weighted by Gasteiger charge is 2.23. The van der Waals surface area contributed by atoms with E-state index in [1.807, 2.05) is 49.3 Å². The molecule has 2 aromatic rings. The number of nitro groups is 1. The maximum atomic E-state index is 12.2. The zero-order valence-corrected chi connectivity index (χ0v) is 19.2. The number of carbonyl (C=O) groups excluding carboxylic acids is 1. The van der Waals surface area contributed by atoms with E-state index in [9.17, 15) is 14.9 Å². The first-order chi connectivity index (χ1) is 14.5. The van der Waals surface area contributed by atoms with Gasteiger partial charge in [0.15, 0.2) is 0 Å². The molecule has 0 saturated heterocycles. The van der Waals surface area contributed by atoms with E-state index in [0.717, 1.165) is 22.8 Å². The molecule has 0 bridgehead atoms. The van der Waals surface area contributed by atoms with Crippen molar-refractivity contribution in [2.24, 2.45) is 0 Å². The van der Waals surface area contributed by atoms with Gasteiger partial charge in [0.1, 0.15) is 11.3 Å². The van der Waals surface area contributed by atoms with Gasteiger partial charge in [-0.3, -0.25) is 15.4 Å². The fourth-order valence-corrected chi connectivity index (χ4v) is 3.59. The summed E-state index contributed by atoms with van der Waals surface area (Å²) in [6.45, 7) is 6.01. The molecule has 0 unspecified atom stereocenters. The Labute approximate surface area is 187 Å². The van der Waals surface area contributed by atoms with Gasteiger partial charge >= 0.3 is 6.09 Å². The quantitative estimate of drug-likeness (QED) is 0.294. The van der Waals surface area contributed by atoms with Gasteiger partial charge in [-0.25, -0.2) is 4.79 Å². The van der Waals surface area contributed by atoms with Crippen LogP contribution >= 0.6 is 11.8 Å². The number of hydrogen-bond donors (Lipinski definition) is 1. The molecule has 2 aromatic carbocycles. The summed E-state index contributed by atoms with van der Waals surface area (Å²) in [5.74, 6) is 6.86. The molecule has 2 rings (SSSR count). The lowest BCUT2D eigenvalue weighted by Crippen LogP contribution is -2.27. The summed E-state index contributed by atoms with van der Waals surface area (Å²) in [6, 6.07) is 12.4. The van der Waals surface area contributed by atoms with Crippen LogP contribution in [0.3, 0.4) is 0 Å². The smallest absolute Gasteiger partial charge is 0.412 e. The first kappa shape index (κ1) is 24.3. The van der Waals surface area contributed by atoms with E-state index in [-0.39, 0.29) is 11.4 Å². The second-order valence-electron chi connectivity index (χ2n) is 8.02. The van der Waals surface area contributed by atoms with Crippen LogP contribution in [0.2, 0.25) is 0 Å². The standard InChI is InChI=1S/C23H27N3O4S/c1-23(2,3)30-22(27)24-19-16-21(31-14-13-25(4)5)18(15-20(19)26(28)29)12-11-17-9-7-6-8-10-17/h6-10,15-16H,13-14H2,1-5H3,(H,24,27). The number of amides is 1. The van der Waals surface area contributed by atoms with Crippen molar-refractivity contribution in [2.75, 3.05) is 31.7 Å². The van der Waals surface area contributed by atoms with Crippen LogP contribution in [0.4, 0.5) is 16.2 Å². The Bertz CT molecular complexity index is 990. The molecule has 31 heavy (non-hydrogen) atoms. The fraction of sp³-hybridized carbons (Fsp3) is 0.348. The molecule has 1 N–H and O–H groups in total. The molecule has 0 aromatic heterocycles. The lowest BCUT2D eigenvalue weighted by Gasteiger charge is -2.20. The van der Waals surface area contributed by atoms with Gasteiger partial charge in [-0.05, 0) is 53.1 Å². The van der Waals surface area contributed by atoms with Crippen molar-refractivity contribution in [3.63, 3.8) is 0 Å². The van der Waals surface area contributed by atoms with E-state index in [1.165, 1.54) is 17.8 Å². The van der Waals surface area contributed by atoms with Gasteiger partial charge in [0.05, 0.1) is 4.92 Å². The predicted octanol–water partition coefficient (Wildman–Crippen LogP) is 5.00. The van der Waals surface area contributed by atoms with Crippen molar-refractivity contribution in [1.82, 2.24) is 4.90 Å². The summed E-state index contributed by atoms with van der Waals surface area (Å²) >= 11 is 1.53. The molecule has 1 amide bonds. The molecule has 0 aliphatic heterocycles. The molecule has 7 nitrogen and oxygen atoms in total. The maximum Gasteiger partial charge on any atom is 0.412 e. The minimum Gasteiger partial charge on any atom is -0.444 e. The first-order valence-electron chi connectivity index (χ1n) is 9.72. The Balaban J connectivity index is 2.45. The Morgan fingerprint density at radius 3 is 2.45 bits per heavy atom. The van der Waals surface area contributed by atoms with Crippen LogP contribution in [-0.4, -0.2) is 47.9 Å². The van der Waals surface area contributed by atoms with Gasteiger partial charge in [0.25, 0.3) is 5.69 Å². The van der Waals surface area contributed by atoms with Crippen molar-refractivity contribution in [3.05, 3.63) is 63.7 Å². The van der Waals surface area contributed by atoms with E-state index in [0.29, 0.717) is 5.56 Å². The first-order valence-corrected chi connectivity index (χ1v) is 10.7. The molecular weight excluding hydrogens is 414 g/mol. The summed E-state index contributed by atoms with van der Waals surface area (Å²) in [6.07, 6.45) is -0.747. The minimum atomic E-state index is -0.747. The topological polar surface area (TPSA) is 84.7 Å². The van der Waals surface area contributed by atoms with Crippen LogP contribution in [0, 0.1) is 22.0 Å². The molecule has 0 spiro atoms. The molecule has 8 heteroatoms. The van der Waals surface area contributed by atoms with Gasteiger partial charge in [0.2, 0.25) is 0 Å². The van der Waals surface area contributed by atoms with E-state index in [2.05, 4.69) is 17.2 Å². The van der Waals surface area contributed by atoms with Crippen LogP contribution < -0.4 is 5.32 Å². The molecule has 0 atom stereocenters. The number of carbonyl (C=O) groups is 1. The SMILES string of the molecule is CN(C)CCSc1cc(NC(=O)OC(C)(C)C)c([N+](=O)[O-])cc1C#Cc1ccccc1. The average molecular weight is 442 g/mol. The van der Waals surface area contributed by atoms with E-state index in [1.54, 1.807) is 26.8 Å². The Kier molecular flexibility index (Phi) is 8.48. The van der Waals surface area contributed by atoms with E-state index >= 15 is 0 Å². The highest BCUT2D eigenvalue weighted by molar-refractivity contribution is 7.99. The largest absolute Gasteiger partial charge is 0.444 e. The van der Waals surface area contributed by atoms with Crippen LogP contribution in [-0.2, 0) is 4.74 Å². The van der Waals surface area contributed by atoms with Gasteiger partial charge in [-0.2, -0.15) is 0 Å². The Hall–Kier alpha value is -3.02. The third kappa shape index (κ3) is 8.32. The highest BCUT2D eigenvalue weighted by atomic mass is 32.2. The number of hydrogen-bond acceptors (Lipinski definition) is 6. The maximum absolute atomic E-state index is 12.2. The van der Waals surface area contributed by atoms with Crippen LogP contribution in [0.1, 0.15) is 31.9 Å². The van der Waals surface area contributed by atoms with Crippen LogP contribution in [0.15, 0.2) is 47.4 Å². The summed E-state index contributed by atoms with van der Waals surface area (Å²) in [4.78, 5) is 26.2. The number of ether oxygens (including phenoxy) is 1. The van der Waals surface area contributed by atoms with Gasteiger partial charge in [-0.1, -0.05) is 30.0 Å². The van der Waals surface area contributed by atoms with Gasteiger partial charge < -0.3 is 9.64 Å². The van der Waals surface area contributed by atoms with Crippen LogP contribution in [0.5, 0.6) is 0 Å². The zero-order chi connectivity index (χ0) is 23.0. The molecule has 0 radical (unpaired) electrons. The summed E-state index contributed by atoms with van der Waals surface area (Å²) in [5, 5.41) is 14.2. The number of benzene rings is 2. The van der Waals surface area contributed by atoms with E-state index < -0.39 is 16.6 Å². The van der Waals surface area contributed by atoms with Gasteiger partial charge in [-0.15, -0.1) is 11.8 Å². The van der Waals surface area contributed by atoms with Crippen molar-refractivity contribution in [2.45, 2.75) is 31.3 Å². The third-order valence-corrected chi connectivity index (χ3v) is 4.88. The normalized spacial score (nSPS) is 10.9. The number of rotatable bonds is 6. The predicted molar refractivity (Wildman–Crippen MR) is 125 cm³/mol. The number of nitrogens with one attached hydrogen (secondary N) is 1. The molecule has 0 aliphatic carbocycles. The Morgan fingerprint density at radius 1 is 1.19 bits per heavy atom.